The fraction of sp³-hybridized carbons (Fsp3) is 0.900. The zero-order chi connectivity index (χ0) is 10.4. The van der Waals surface area contributed by atoms with Crippen LogP contribution in [0.4, 0.5) is 0 Å². The first-order valence-corrected chi connectivity index (χ1v) is 5.30. The minimum absolute atomic E-state index is 0.516. The highest BCUT2D eigenvalue weighted by Gasteiger charge is 2.19. The average molecular weight is 199 g/mol. The fourth-order valence-electron chi connectivity index (χ4n) is 1.75. The third-order valence-corrected chi connectivity index (χ3v) is 2.58. The van der Waals surface area contributed by atoms with E-state index >= 15 is 0 Å². The van der Waals surface area contributed by atoms with E-state index in [1.165, 1.54) is 6.42 Å². The van der Waals surface area contributed by atoms with Crippen molar-refractivity contribution in [3.8, 4) is 0 Å². The minimum Gasteiger partial charge on any atom is -0.344 e. The van der Waals surface area contributed by atoms with Crippen LogP contribution in [-0.4, -0.2) is 62.5 Å². The molecule has 1 heterocycles. The van der Waals surface area contributed by atoms with Crippen LogP contribution in [0.15, 0.2) is 0 Å². The molecule has 0 aromatic carbocycles. The van der Waals surface area contributed by atoms with E-state index in [1.54, 1.807) is 0 Å². The zero-order valence-corrected chi connectivity index (χ0v) is 9.20. The molecular formula is C10H21N3O. The summed E-state index contributed by atoms with van der Waals surface area (Å²) in [5.41, 5.74) is 0. The summed E-state index contributed by atoms with van der Waals surface area (Å²) >= 11 is 0. The van der Waals surface area contributed by atoms with E-state index in [4.69, 9.17) is 0 Å². The fourth-order valence-corrected chi connectivity index (χ4v) is 1.75. The smallest absolute Gasteiger partial charge is 0.209 e. The molecule has 4 nitrogen and oxygen atoms in total. The van der Waals surface area contributed by atoms with Gasteiger partial charge in [0, 0.05) is 19.1 Å². The summed E-state index contributed by atoms with van der Waals surface area (Å²) in [6, 6.07) is 0.516. The van der Waals surface area contributed by atoms with Crippen molar-refractivity contribution >= 4 is 6.41 Å². The third kappa shape index (κ3) is 4.07. The average Bonchev–Trinajstić information content (AvgIpc) is 2.60. The van der Waals surface area contributed by atoms with Crippen molar-refractivity contribution in [2.75, 3.05) is 40.3 Å². The highest BCUT2D eigenvalue weighted by atomic mass is 16.1. The summed E-state index contributed by atoms with van der Waals surface area (Å²) < 4.78 is 0. The number of amides is 1. The van der Waals surface area contributed by atoms with E-state index in [1.807, 2.05) is 4.90 Å². The predicted molar refractivity (Wildman–Crippen MR) is 57.2 cm³/mol. The third-order valence-electron chi connectivity index (χ3n) is 2.58. The van der Waals surface area contributed by atoms with E-state index in [9.17, 15) is 4.79 Å². The van der Waals surface area contributed by atoms with Crippen molar-refractivity contribution in [1.29, 1.82) is 0 Å². The molecule has 0 bridgehead atoms. The number of carbonyl (C=O) groups is 1. The van der Waals surface area contributed by atoms with E-state index in [0.29, 0.717) is 6.04 Å². The molecule has 1 aliphatic rings. The lowest BCUT2D eigenvalue weighted by molar-refractivity contribution is -0.117. The number of carbonyl (C=O) groups excluding carboxylic acids is 1. The van der Waals surface area contributed by atoms with E-state index in [0.717, 1.165) is 39.0 Å². The van der Waals surface area contributed by atoms with Crippen LogP contribution in [0.3, 0.4) is 0 Å². The zero-order valence-electron chi connectivity index (χ0n) is 9.20. The second kappa shape index (κ2) is 5.98. The molecule has 0 saturated carbocycles. The van der Waals surface area contributed by atoms with Gasteiger partial charge in [-0.15, -0.1) is 0 Å². The molecule has 0 aromatic rings. The Kier molecular flexibility index (Phi) is 4.90. The van der Waals surface area contributed by atoms with Crippen LogP contribution in [0.25, 0.3) is 0 Å². The number of nitrogens with one attached hydrogen (secondary N) is 1. The van der Waals surface area contributed by atoms with Gasteiger partial charge in [-0.25, -0.2) is 0 Å². The van der Waals surface area contributed by atoms with Crippen molar-refractivity contribution in [3.63, 3.8) is 0 Å². The van der Waals surface area contributed by atoms with Gasteiger partial charge in [0.15, 0.2) is 0 Å². The highest BCUT2D eigenvalue weighted by molar-refractivity contribution is 5.47. The molecule has 1 fully saturated rings. The standard InChI is InChI=1S/C10H21N3O/c1-12(2)6-3-5-11-10-4-7-13(8-10)9-14/h9-11H,3-8H2,1-2H3/t10-/m1/s1. The molecule has 1 atom stereocenters. The Balaban J connectivity index is 2.00. The lowest BCUT2D eigenvalue weighted by Gasteiger charge is -2.14. The molecule has 1 aliphatic heterocycles. The van der Waals surface area contributed by atoms with Gasteiger partial charge in [0.05, 0.1) is 0 Å². The van der Waals surface area contributed by atoms with Crippen LogP contribution in [0.5, 0.6) is 0 Å². The molecule has 0 aromatic heterocycles. The minimum atomic E-state index is 0.516. The maximum atomic E-state index is 10.5. The first-order valence-electron chi connectivity index (χ1n) is 5.30. The molecule has 14 heavy (non-hydrogen) atoms. The van der Waals surface area contributed by atoms with Gasteiger partial charge < -0.3 is 15.1 Å². The molecule has 0 radical (unpaired) electrons. The first kappa shape index (κ1) is 11.5. The number of nitrogens with zero attached hydrogens (tertiary/aromatic N) is 2. The van der Waals surface area contributed by atoms with Crippen molar-refractivity contribution in [2.45, 2.75) is 18.9 Å². The summed E-state index contributed by atoms with van der Waals surface area (Å²) in [4.78, 5) is 14.5. The Morgan fingerprint density at radius 2 is 2.36 bits per heavy atom. The summed E-state index contributed by atoms with van der Waals surface area (Å²) in [6.07, 6.45) is 3.22. The topological polar surface area (TPSA) is 35.6 Å². The van der Waals surface area contributed by atoms with Crippen molar-refractivity contribution in [3.05, 3.63) is 0 Å². The van der Waals surface area contributed by atoms with Gasteiger partial charge in [-0.2, -0.15) is 0 Å². The van der Waals surface area contributed by atoms with Crippen LogP contribution in [0.1, 0.15) is 12.8 Å². The largest absolute Gasteiger partial charge is 0.344 e. The van der Waals surface area contributed by atoms with Gasteiger partial charge in [-0.3, -0.25) is 4.79 Å². The summed E-state index contributed by atoms with van der Waals surface area (Å²) in [5.74, 6) is 0. The Bertz CT molecular complexity index is 173. The van der Waals surface area contributed by atoms with Crippen LogP contribution in [0.2, 0.25) is 0 Å². The predicted octanol–water partition coefficient (Wildman–Crippen LogP) is -0.242. The maximum Gasteiger partial charge on any atom is 0.209 e. The monoisotopic (exact) mass is 199 g/mol. The summed E-state index contributed by atoms with van der Waals surface area (Å²) in [6.45, 7) is 3.97. The first-order chi connectivity index (χ1) is 6.72. The Morgan fingerprint density at radius 1 is 1.57 bits per heavy atom. The van der Waals surface area contributed by atoms with E-state index in [2.05, 4.69) is 24.3 Å². The number of hydrogen-bond donors (Lipinski definition) is 1. The molecule has 4 heteroatoms. The van der Waals surface area contributed by atoms with Crippen LogP contribution < -0.4 is 5.32 Å². The van der Waals surface area contributed by atoms with Gasteiger partial charge in [0.2, 0.25) is 6.41 Å². The summed E-state index contributed by atoms with van der Waals surface area (Å²) in [7, 11) is 4.17. The molecule has 82 valence electrons. The van der Waals surface area contributed by atoms with Gasteiger partial charge >= 0.3 is 0 Å². The molecule has 1 rings (SSSR count). The quantitative estimate of drug-likeness (QED) is 0.474. The van der Waals surface area contributed by atoms with Crippen LogP contribution in [-0.2, 0) is 4.79 Å². The maximum absolute atomic E-state index is 10.5. The lowest BCUT2D eigenvalue weighted by Crippen LogP contribution is -2.33. The van der Waals surface area contributed by atoms with Gasteiger partial charge in [-0.1, -0.05) is 0 Å². The van der Waals surface area contributed by atoms with Crippen molar-refractivity contribution < 1.29 is 4.79 Å². The van der Waals surface area contributed by atoms with E-state index in [-0.39, 0.29) is 0 Å². The van der Waals surface area contributed by atoms with Gasteiger partial charge in [0.1, 0.15) is 0 Å². The van der Waals surface area contributed by atoms with Gasteiger partial charge in [0.25, 0.3) is 0 Å². The number of likely N-dealkylation sites (tertiary alicyclic amines) is 1. The Morgan fingerprint density at radius 3 is 2.93 bits per heavy atom. The van der Waals surface area contributed by atoms with E-state index < -0.39 is 0 Å². The highest BCUT2D eigenvalue weighted by Crippen LogP contribution is 2.05. The Labute approximate surface area is 86.2 Å². The second-order valence-corrected chi connectivity index (χ2v) is 4.20. The van der Waals surface area contributed by atoms with Crippen LogP contribution in [0, 0.1) is 0 Å². The second-order valence-electron chi connectivity index (χ2n) is 4.20. The lowest BCUT2D eigenvalue weighted by atomic mass is 10.2. The molecule has 0 unspecified atom stereocenters. The summed E-state index contributed by atoms with van der Waals surface area (Å²) in [5, 5.41) is 3.47. The molecule has 1 amide bonds. The SMILES string of the molecule is CN(C)CCCN[C@@H]1CCN(C=O)C1. The number of hydrogen-bond acceptors (Lipinski definition) is 3. The molecule has 1 saturated heterocycles. The van der Waals surface area contributed by atoms with Crippen molar-refractivity contribution in [1.82, 2.24) is 15.1 Å². The molecule has 0 spiro atoms. The Hall–Kier alpha value is -0.610. The molecule has 0 aliphatic carbocycles. The van der Waals surface area contributed by atoms with Gasteiger partial charge in [-0.05, 0) is 40.0 Å². The number of rotatable bonds is 6. The molecular weight excluding hydrogens is 178 g/mol. The van der Waals surface area contributed by atoms with Crippen molar-refractivity contribution in [2.24, 2.45) is 0 Å². The normalized spacial score (nSPS) is 21.9. The molecule has 1 N–H and O–H groups in total. The van der Waals surface area contributed by atoms with Crippen LogP contribution >= 0.6 is 0 Å².